The Morgan fingerprint density at radius 3 is 2.53 bits per heavy atom. The van der Waals surface area contributed by atoms with E-state index in [1.165, 1.54) is 0 Å². The zero-order chi connectivity index (χ0) is 11.1. The molecule has 0 radical (unpaired) electrons. The summed E-state index contributed by atoms with van der Waals surface area (Å²) in [6, 6.07) is 0.0553. The summed E-state index contributed by atoms with van der Waals surface area (Å²) in [5.74, 6) is 0.720. The summed E-state index contributed by atoms with van der Waals surface area (Å²) in [5.41, 5.74) is 5.64. The van der Waals surface area contributed by atoms with E-state index >= 15 is 0 Å². The SMILES string of the molecule is Nc1n[nH]c(=S)n1C1CCS(=O)(=O)CC1. The summed E-state index contributed by atoms with van der Waals surface area (Å²) in [6.45, 7) is 0. The van der Waals surface area contributed by atoms with Gasteiger partial charge in [0.2, 0.25) is 5.95 Å². The van der Waals surface area contributed by atoms with Crippen LogP contribution in [0.2, 0.25) is 0 Å². The van der Waals surface area contributed by atoms with Crippen molar-refractivity contribution in [1.29, 1.82) is 0 Å². The fraction of sp³-hybridized carbons (Fsp3) is 0.714. The second kappa shape index (κ2) is 3.60. The van der Waals surface area contributed by atoms with Crippen LogP contribution in [0, 0.1) is 4.77 Å². The van der Waals surface area contributed by atoms with E-state index in [9.17, 15) is 8.42 Å². The highest BCUT2D eigenvalue weighted by molar-refractivity contribution is 7.91. The third-order valence-corrected chi connectivity index (χ3v) is 4.62. The second-order valence-electron chi connectivity index (χ2n) is 3.64. The lowest BCUT2D eigenvalue weighted by molar-refractivity contribution is 0.449. The summed E-state index contributed by atoms with van der Waals surface area (Å²) in [4.78, 5) is 0. The lowest BCUT2D eigenvalue weighted by atomic mass is 10.1. The molecule has 1 aromatic heterocycles. The fourth-order valence-electron chi connectivity index (χ4n) is 1.81. The number of sulfone groups is 1. The van der Waals surface area contributed by atoms with Gasteiger partial charge in [-0.3, -0.25) is 4.57 Å². The van der Waals surface area contributed by atoms with Crippen LogP contribution in [0.1, 0.15) is 18.9 Å². The van der Waals surface area contributed by atoms with Crippen molar-refractivity contribution in [2.75, 3.05) is 17.2 Å². The molecule has 6 nitrogen and oxygen atoms in total. The molecule has 0 aliphatic carbocycles. The van der Waals surface area contributed by atoms with Gasteiger partial charge in [-0.15, -0.1) is 5.10 Å². The quantitative estimate of drug-likeness (QED) is 0.696. The minimum atomic E-state index is -2.85. The second-order valence-corrected chi connectivity index (χ2v) is 6.33. The Morgan fingerprint density at radius 1 is 1.47 bits per heavy atom. The first-order chi connectivity index (χ1) is 6.99. The maximum absolute atomic E-state index is 11.2. The number of nitrogens with two attached hydrogens (primary N) is 1. The minimum absolute atomic E-state index is 0.0553. The van der Waals surface area contributed by atoms with Crippen LogP contribution in [0.3, 0.4) is 0 Å². The predicted octanol–water partition coefficient (Wildman–Crippen LogP) is 0.273. The van der Waals surface area contributed by atoms with Crippen molar-refractivity contribution in [2.45, 2.75) is 18.9 Å². The van der Waals surface area contributed by atoms with Crippen LogP contribution in [-0.4, -0.2) is 34.7 Å². The molecule has 2 rings (SSSR count). The fourth-order valence-corrected chi connectivity index (χ4v) is 3.56. The Bertz CT molecular complexity index is 501. The first kappa shape index (κ1) is 10.6. The van der Waals surface area contributed by atoms with Gasteiger partial charge in [-0.2, -0.15) is 0 Å². The van der Waals surface area contributed by atoms with Crippen LogP contribution < -0.4 is 5.73 Å². The number of aromatic nitrogens is 3. The van der Waals surface area contributed by atoms with Crippen molar-refractivity contribution >= 4 is 28.0 Å². The number of anilines is 1. The largest absolute Gasteiger partial charge is 0.368 e. The molecule has 1 saturated heterocycles. The standard InChI is InChI=1S/C7H12N4O2S2/c8-6-9-10-7(14)11(6)5-1-3-15(12,13)4-2-5/h5H,1-4H2,(H2,8,9)(H,10,14). The first-order valence-electron chi connectivity index (χ1n) is 4.62. The summed E-state index contributed by atoms with van der Waals surface area (Å²) in [7, 11) is -2.85. The normalized spacial score (nSPS) is 21.6. The van der Waals surface area contributed by atoms with E-state index in [1.54, 1.807) is 4.57 Å². The van der Waals surface area contributed by atoms with Crippen LogP contribution >= 0.6 is 12.2 Å². The smallest absolute Gasteiger partial charge is 0.220 e. The lowest BCUT2D eigenvalue weighted by Gasteiger charge is -2.23. The van der Waals surface area contributed by atoms with Gasteiger partial charge >= 0.3 is 0 Å². The number of nitrogens with one attached hydrogen (secondary N) is 1. The summed E-state index contributed by atoms with van der Waals surface area (Å²) < 4.78 is 24.6. The number of H-pyrrole nitrogens is 1. The van der Waals surface area contributed by atoms with E-state index in [0.717, 1.165) is 0 Å². The molecule has 0 atom stereocenters. The number of nitrogen functional groups attached to an aromatic ring is 1. The van der Waals surface area contributed by atoms with Gasteiger partial charge in [0, 0.05) is 6.04 Å². The zero-order valence-electron chi connectivity index (χ0n) is 8.01. The van der Waals surface area contributed by atoms with Gasteiger partial charge in [-0.1, -0.05) is 0 Å². The van der Waals surface area contributed by atoms with Gasteiger partial charge in [0.15, 0.2) is 4.77 Å². The molecule has 0 aromatic carbocycles. The van der Waals surface area contributed by atoms with Gasteiger partial charge in [-0.05, 0) is 25.1 Å². The average Bonchev–Trinajstić information content (AvgIpc) is 2.48. The maximum Gasteiger partial charge on any atom is 0.220 e. The van der Waals surface area contributed by atoms with Crippen molar-refractivity contribution in [2.24, 2.45) is 0 Å². The Hall–Kier alpha value is -0.890. The molecule has 1 aliphatic heterocycles. The maximum atomic E-state index is 11.2. The Balaban J connectivity index is 2.25. The Morgan fingerprint density at radius 2 is 2.07 bits per heavy atom. The molecule has 0 amide bonds. The Labute approximate surface area is 92.4 Å². The molecule has 8 heteroatoms. The first-order valence-corrected chi connectivity index (χ1v) is 6.85. The van der Waals surface area contributed by atoms with Crippen molar-refractivity contribution in [3.63, 3.8) is 0 Å². The van der Waals surface area contributed by atoms with E-state index in [4.69, 9.17) is 18.0 Å². The van der Waals surface area contributed by atoms with Crippen LogP contribution in [-0.2, 0) is 9.84 Å². The topological polar surface area (TPSA) is 93.8 Å². The van der Waals surface area contributed by atoms with Crippen molar-refractivity contribution in [3.8, 4) is 0 Å². The van der Waals surface area contributed by atoms with Gasteiger partial charge in [0.1, 0.15) is 9.84 Å². The summed E-state index contributed by atoms with van der Waals surface area (Å²) in [6.07, 6.45) is 1.11. The highest BCUT2D eigenvalue weighted by atomic mass is 32.2. The number of hydrogen-bond acceptors (Lipinski definition) is 5. The molecular formula is C7H12N4O2S2. The highest BCUT2D eigenvalue weighted by Gasteiger charge is 2.26. The number of nitrogens with zero attached hydrogens (tertiary/aromatic N) is 2. The average molecular weight is 248 g/mol. The van der Waals surface area contributed by atoms with Gasteiger partial charge in [-0.25, -0.2) is 13.5 Å². The molecule has 1 aromatic rings. The van der Waals surface area contributed by atoms with E-state index in [2.05, 4.69) is 10.2 Å². The van der Waals surface area contributed by atoms with Crippen molar-refractivity contribution < 1.29 is 8.42 Å². The van der Waals surface area contributed by atoms with Gasteiger partial charge in [0.05, 0.1) is 11.5 Å². The van der Waals surface area contributed by atoms with E-state index in [-0.39, 0.29) is 17.5 Å². The highest BCUT2D eigenvalue weighted by Crippen LogP contribution is 2.25. The summed E-state index contributed by atoms with van der Waals surface area (Å²) in [5, 5.41) is 6.40. The van der Waals surface area contributed by atoms with Crippen LogP contribution in [0.4, 0.5) is 5.95 Å². The molecule has 0 saturated carbocycles. The van der Waals surface area contributed by atoms with Crippen LogP contribution in [0.5, 0.6) is 0 Å². The summed E-state index contributed by atoms with van der Waals surface area (Å²) >= 11 is 5.03. The third-order valence-electron chi connectivity index (χ3n) is 2.62. The van der Waals surface area contributed by atoms with Crippen LogP contribution in [0.25, 0.3) is 0 Å². The predicted molar refractivity (Wildman–Crippen MR) is 58.7 cm³/mol. The number of aromatic amines is 1. The molecule has 0 unspecified atom stereocenters. The third kappa shape index (κ3) is 2.05. The van der Waals surface area contributed by atoms with Gasteiger partial charge < -0.3 is 5.73 Å². The minimum Gasteiger partial charge on any atom is -0.368 e. The lowest BCUT2D eigenvalue weighted by Crippen LogP contribution is -2.26. The molecule has 1 aliphatic rings. The van der Waals surface area contributed by atoms with E-state index < -0.39 is 9.84 Å². The molecule has 3 N–H and O–H groups in total. The van der Waals surface area contributed by atoms with E-state index in [0.29, 0.717) is 23.6 Å². The molecular weight excluding hydrogens is 236 g/mol. The number of rotatable bonds is 1. The molecule has 2 heterocycles. The monoisotopic (exact) mass is 248 g/mol. The van der Waals surface area contributed by atoms with Crippen LogP contribution in [0.15, 0.2) is 0 Å². The number of hydrogen-bond donors (Lipinski definition) is 2. The van der Waals surface area contributed by atoms with E-state index in [1.807, 2.05) is 0 Å². The molecule has 84 valence electrons. The van der Waals surface area contributed by atoms with Crippen molar-refractivity contribution in [1.82, 2.24) is 14.8 Å². The zero-order valence-corrected chi connectivity index (χ0v) is 9.64. The molecule has 0 spiro atoms. The van der Waals surface area contributed by atoms with Gasteiger partial charge in [0.25, 0.3) is 0 Å². The molecule has 15 heavy (non-hydrogen) atoms. The molecule has 0 bridgehead atoms. The molecule has 1 fully saturated rings. The van der Waals surface area contributed by atoms with Crippen molar-refractivity contribution in [3.05, 3.63) is 4.77 Å². The Kier molecular flexibility index (Phi) is 2.55.